The fourth-order valence-electron chi connectivity index (χ4n) is 2.20. The average molecular weight is 363 g/mol. The Morgan fingerprint density at radius 2 is 2.25 bits per heavy atom. The van der Waals surface area contributed by atoms with E-state index < -0.39 is 10.0 Å². The van der Waals surface area contributed by atoms with Crippen LogP contribution in [0.4, 0.5) is 0 Å². The zero-order valence-electron chi connectivity index (χ0n) is 11.4. The minimum absolute atomic E-state index is 0.202. The Labute approximate surface area is 128 Å². The number of sulfonamides is 1. The van der Waals surface area contributed by atoms with Crippen molar-refractivity contribution in [2.45, 2.75) is 30.2 Å². The molecule has 1 atom stereocenters. The van der Waals surface area contributed by atoms with E-state index >= 15 is 0 Å². The normalized spacial score (nSPS) is 19.8. The lowest BCUT2D eigenvalue weighted by Crippen LogP contribution is -2.43. The van der Waals surface area contributed by atoms with Crippen molar-refractivity contribution < 1.29 is 13.2 Å². The van der Waals surface area contributed by atoms with Gasteiger partial charge in [0.05, 0.1) is 12.0 Å². The third-order valence-electron chi connectivity index (χ3n) is 3.36. The first-order chi connectivity index (χ1) is 9.53. The van der Waals surface area contributed by atoms with Crippen molar-refractivity contribution in [1.82, 2.24) is 10.0 Å². The maximum Gasteiger partial charge on any atom is 0.241 e. The monoisotopic (exact) mass is 362 g/mol. The summed E-state index contributed by atoms with van der Waals surface area (Å²) in [5, 5.41) is 3.32. The third-order valence-corrected chi connectivity index (χ3v) is 5.78. The van der Waals surface area contributed by atoms with Crippen molar-refractivity contribution in [2.75, 3.05) is 20.2 Å². The number of methoxy groups -OCH3 is 1. The van der Waals surface area contributed by atoms with E-state index in [2.05, 4.69) is 26.0 Å². The van der Waals surface area contributed by atoms with Crippen LogP contribution in [-0.2, 0) is 10.0 Å². The fraction of sp³-hybridized carbons (Fsp3) is 0.538. The molecule has 5 nitrogen and oxygen atoms in total. The lowest BCUT2D eigenvalue weighted by molar-refractivity contribution is 0.398. The highest BCUT2D eigenvalue weighted by Gasteiger charge is 2.21. The minimum Gasteiger partial charge on any atom is -0.497 e. The van der Waals surface area contributed by atoms with E-state index in [1.54, 1.807) is 12.1 Å². The molecule has 2 rings (SSSR count). The van der Waals surface area contributed by atoms with Gasteiger partial charge < -0.3 is 10.1 Å². The molecule has 0 radical (unpaired) electrons. The van der Waals surface area contributed by atoms with Crippen LogP contribution in [-0.4, -0.2) is 34.7 Å². The number of hydrogen-bond acceptors (Lipinski definition) is 4. The first-order valence-corrected chi connectivity index (χ1v) is 8.87. The van der Waals surface area contributed by atoms with Crippen LogP contribution in [0.5, 0.6) is 5.75 Å². The molecular formula is C13H19BrN2O3S. The Hall–Kier alpha value is -0.630. The van der Waals surface area contributed by atoms with Crippen LogP contribution in [0.15, 0.2) is 27.6 Å². The van der Waals surface area contributed by atoms with Gasteiger partial charge in [-0.15, -0.1) is 0 Å². The molecule has 1 heterocycles. The number of hydrogen-bond donors (Lipinski definition) is 2. The maximum absolute atomic E-state index is 12.3. The topological polar surface area (TPSA) is 67.4 Å². The van der Waals surface area contributed by atoms with Crippen LogP contribution < -0.4 is 14.8 Å². The van der Waals surface area contributed by atoms with E-state index in [0.29, 0.717) is 16.8 Å². The van der Waals surface area contributed by atoms with Gasteiger partial charge in [0.15, 0.2) is 0 Å². The highest BCUT2D eigenvalue weighted by Crippen LogP contribution is 2.26. The molecule has 1 aliphatic heterocycles. The highest BCUT2D eigenvalue weighted by atomic mass is 79.9. The standard InChI is InChI=1S/C13H19BrN2O3S/c1-19-11-5-6-12(14)13(8-11)20(17,18)16-9-10-4-2-3-7-15-10/h5-6,8,10,15-16H,2-4,7,9H2,1H3/t10-/m1/s1. The first-order valence-electron chi connectivity index (χ1n) is 6.59. The summed E-state index contributed by atoms with van der Waals surface area (Å²) in [6.07, 6.45) is 3.30. The Kier molecular flexibility index (Phi) is 5.42. The highest BCUT2D eigenvalue weighted by molar-refractivity contribution is 9.10. The number of piperidine rings is 1. The Morgan fingerprint density at radius 3 is 2.90 bits per heavy atom. The average Bonchev–Trinajstić information content (AvgIpc) is 2.47. The summed E-state index contributed by atoms with van der Waals surface area (Å²) in [4.78, 5) is 0.202. The molecule has 20 heavy (non-hydrogen) atoms. The summed E-state index contributed by atoms with van der Waals surface area (Å²) in [6, 6.07) is 5.11. The van der Waals surface area contributed by atoms with Crippen LogP contribution in [0.1, 0.15) is 19.3 Å². The summed E-state index contributed by atoms with van der Waals surface area (Å²) in [5.41, 5.74) is 0. The molecule has 1 saturated heterocycles. The lowest BCUT2D eigenvalue weighted by Gasteiger charge is -2.23. The van der Waals surface area contributed by atoms with E-state index in [0.717, 1.165) is 25.8 Å². The number of halogens is 1. The fourth-order valence-corrected chi connectivity index (χ4v) is 4.26. The molecule has 0 aliphatic carbocycles. The van der Waals surface area contributed by atoms with Crippen molar-refractivity contribution in [1.29, 1.82) is 0 Å². The Balaban J connectivity index is 2.09. The molecule has 0 amide bonds. The smallest absolute Gasteiger partial charge is 0.241 e. The van der Waals surface area contributed by atoms with Crippen molar-refractivity contribution >= 4 is 26.0 Å². The van der Waals surface area contributed by atoms with Gasteiger partial charge >= 0.3 is 0 Å². The predicted molar refractivity (Wildman–Crippen MR) is 81.5 cm³/mol. The molecule has 0 unspecified atom stereocenters. The number of benzene rings is 1. The van der Waals surface area contributed by atoms with Crippen molar-refractivity contribution in [3.8, 4) is 5.75 Å². The molecule has 2 N–H and O–H groups in total. The largest absolute Gasteiger partial charge is 0.497 e. The second kappa shape index (κ2) is 6.89. The van der Waals surface area contributed by atoms with Crippen LogP contribution in [0.2, 0.25) is 0 Å². The van der Waals surface area contributed by atoms with Gasteiger partial charge in [-0.05, 0) is 47.4 Å². The number of rotatable bonds is 5. The van der Waals surface area contributed by atoms with Gasteiger partial charge in [0, 0.05) is 23.1 Å². The third kappa shape index (κ3) is 3.94. The Morgan fingerprint density at radius 1 is 1.45 bits per heavy atom. The van der Waals surface area contributed by atoms with Gasteiger partial charge in [0.1, 0.15) is 5.75 Å². The van der Waals surface area contributed by atoms with E-state index in [4.69, 9.17) is 4.74 Å². The van der Waals surface area contributed by atoms with E-state index in [9.17, 15) is 8.42 Å². The maximum atomic E-state index is 12.3. The second-order valence-electron chi connectivity index (χ2n) is 4.80. The van der Waals surface area contributed by atoms with Gasteiger partial charge in [0.2, 0.25) is 10.0 Å². The molecular weight excluding hydrogens is 344 g/mol. The Bertz CT molecular complexity index is 557. The molecule has 0 spiro atoms. The molecule has 0 aromatic heterocycles. The molecule has 0 bridgehead atoms. The summed E-state index contributed by atoms with van der Waals surface area (Å²) in [6.45, 7) is 1.36. The van der Waals surface area contributed by atoms with Crippen LogP contribution in [0.25, 0.3) is 0 Å². The molecule has 0 saturated carbocycles. The van der Waals surface area contributed by atoms with E-state index in [1.165, 1.54) is 13.2 Å². The van der Waals surface area contributed by atoms with Crippen LogP contribution in [0, 0.1) is 0 Å². The molecule has 112 valence electrons. The van der Waals surface area contributed by atoms with Crippen LogP contribution in [0.3, 0.4) is 0 Å². The summed E-state index contributed by atoms with van der Waals surface area (Å²) >= 11 is 3.27. The number of nitrogens with one attached hydrogen (secondary N) is 2. The van der Waals surface area contributed by atoms with Crippen molar-refractivity contribution in [3.05, 3.63) is 22.7 Å². The second-order valence-corrected chi connectivity index (χ2v) is 7.38. The van der Waals surface area contributed by atoms with Gasteiger partial charge in [-0.1, -0.05) is 6.42 Å². The summed E-state index contributed by atoms with van der Waals surface area (Å²) in [7, 11) is -2.03. The van der Waals surface area contributed by atoms with Crippen molar-refractivity contribution in [3.63, 3.8) is 0 Å². The van der Waals surface area contributed by atoms with Gasteiger partial charge in [-0.2, -0.15) is 0 Å². The zero-order valence-corrected chi connectivity index (χ0v) is 13.8. The number of ether oxygens (including phenoxy) is 1. The van der Waals surface area contributed by atoms with Gasteiger partial charge in [0.25, 0.3) is 0 Å². The molecule has 7 heteroatoms. The molecule has 1 aliphatic rings. The van der Waals surface area contributed by atoms with E-state index in [1.807, 2.05) is 0 Å². The zero-order chi connectivity index (χ0) is 14.6. The summed E-state index contributed by atoms with van der Waals surface area (Å²) in [5.74, 6) is 0.518. The SMILES string of the molecule is COc1ccc(Br)c(S(=O)(=O)NC[C@H]2CCCCN2)c1. The molecule has 1 aromatic rings. The van der Waals surface area contributed by atoms with Crippen molar-refractivity contribution in [2.24, 2.45) is 0 Å². The van der Waals surface area contributed by atoms with Gasteiger partial charge in [-0.25, -0.2) is 13.1 Å². The molecule has 1 fully saturated rings. The minimum atomic E-state index is -3.54. The van der Waals surface area contributed by atoms with Gasteiger partial charge in [-0.3, -0.25) is 0 Å². The molecule has 1 aromatic carbocycles. The first kappa shape index (κ1) is 15.8. The summed E-state index contributed by atoms with van der Waals surface area (Å²) < 4.78 is 32.9. The van der Waals surface area contributed by atoms with E-state index in [-0.39, 0.29) is 10.9 Å². The lowest BCUT2D eigenvalue weighted by atomic mass is 10.1. The quantitative estimate of drug-likeness (QED) is 0.838. The predicted octanol–water partition coefficient (Wildman–Crippen LogP) is 1.88. The van der Waals surface area contributed by atoms with Crippen LogP contribution >= 0.6 is 15.9 Å².